The highest BCUT2D eigenvalue weighted by Crippen LogP contribution is 2.34. The Morgan fingerprint density at radius 3 is 2.78 bits per heavy atom. The molecule has 1 fully saturated rings. The number of piperidine rings is 1. The third kappa shape index (κ3) is 4.78. The number of H-pyrrole nitrogens is 1. The van der Waals surface area contributed by atoms with Crippen LogP contribution >= 0.6 is 0 Å². The number of benzene rings is 1. The summed E-state index contributed by atoms with van der Waals surface area (Å²) in [7, 11) is -3.33. The van der Waals surface area contributed by atoms with E-state index in [4.69, 9.17) is 0 Å². The van der Waals surface area contributed by atoms with Gasteiger partial charge in [-0.05, 0) is 37.0 Å². The molecule has 11 heteroatoms. The van der Waals surface area contributed by atoms with Crippen LogP contribution < -0.4 is 15.3 Å². The lowest BCUT2D eigenvalue weighted by Crippen LogP contribution is -2.41. The maximum Gasteiger partial charge on any atom is 0.416 e. The van der Waals surface area contributed by atoms with Crippen LogP contribution in [-0.4, -0.2) is 44.3 Å². The Bertz CT molecular complexity index is 1000. The van der Waals surface area contributed by atoms with Gasteiger partial charge in [0.2, 0.25) is 10.0 Å². The molecule has 2 N–H and O–H groups in total. The first-order chi connectivity index (χ1) is 12.5. The van der Waals surface area contributed by atoms with Gasteiger partial charge in [-0.15, -0.1) is 0 Å². The molecule has 1 unspecified atom stereocenters. The molecule has 1 aliphatic rings. The highest BCUT2D eigenvalue weighted by atomic mass is 32.2. The van der Waals surface area contributed by atoms with Crippen LogP contribution in [0.15, 0.2) is 23.0 Å². The van der Waals surface area contributed by atoms with Crippen molar-refractivity contribution in [1.82, 2.24) is 14.7 Å². The minimum Gasteiger partial charge on any atom is -0.356 e. The molecule has 7 nitrogen and oxygen atoms in total. The van der Waals surface area contributed by atoms with Crippen molar-refractivity contribution in [3.63, 3.8) is 0 Å². The molecule has 0 spiro atoms. The van der Waals surface area contributed by atoms with Crippen molar-refractivity contribution in [3.8, 4) is 0 Å². The van der Waals surface area contributed by atoms with E-state index in [0.29, 0.717) is 19.5 Å². The van der Waals surface area contributed by atoms with E-state index in [1.54, 1.807) is 4.90 Å². The maximum atomic E-state index is 13.1. The van der Waals surface area contributed by atoms with Crippen LogP contribution in [0.1, 0.15) is 18.4 Å². The molecule has 0 radical (unpaired) electrons. The van der Waals surface area contributed by atoms with Crippen LogP contribution in [0.2, 0.25) is 0 Å². The summed E-state index contributed by atoms with van der Waals surface area (Å²) in [5.41, 5.74) is -1.19. The molecule has 0 aliphatic carbocycles. The van der Waals surface area contributed by atoms with Gasteiger partial charge in [0.15, 0.2) is 0 Å². The van der Waals surface area contributed by atoms with E-state index in [1.165, 1.54) is 6.07 Å². The first-order valence-electron chi connectivity index (χ1n) is 8.34. The molecule has 3 rings (SSSR count). The highest BCUT2D eigenvalue weighted by molar-refractivity contribution is 7.88. The molecule has 2 aromatic rings. The second kappa shape index (κ2) is 7.12. The number of anilines is 1. The minimum absolute atomic E-state index is 0.0320. The van der Waals surface area contributed by atoms with Crippen LogP contribution in [0.4, 0.5) is 19.0 Å². The van der Waals surface area contributed by atoms with E-state index in [2.05, 4.69) is 14.7 Å². The van der Waals surface area contributed by atoms with Crippen LogP contribution in [0, 0.1) is 5.92 Å². The number of sulfonamides is 1. The number of hydrogen-bond acceptors (Lipinski definition) is 5. The molecule has 27 heavy (non-hydrogen) atoms. The fraction of sp³-hybridized carbons (Fsp3) is 0.500. The molecular formula is C16H19F3N4O3S. The predicted octanol–water partition coefficient (Wildman–Crippen LogP) is 1.71. The maximum absolute atomic E-state index is 13.1. The zero-order valence-electron chi connectivity index (χ0n) is 14.5. The monoisotopic (exact) mass is 404 g/mol. The van der Waals surface area contributed by atoms with Gasteiger partial charge in [0, 0.05) is 25.0 Å². The summed E-state index contributed by atoms with van der Waals surface area (Å²) in [6, 6.07) is 3.11. The number of aromatic nitrogens is 2. The second-order valence-corrected chi connectivity index (χ2v) is 8.53. The summed E-state index contributed by atoms with van der Waals surface area (Å²) in [6.45, 7) is 1.14. The SMILES string of the molecule is CS(=O)(=O)NCC1CCCN(c2nc(=O)[nH]c3ccc(C(F)(F)F)cc23)C1. The zero-order valence-corrected chi connectivity index (χ0v) is 15.3. The first kappa shape index (κ1) is 19.6. The molecule has 1 aromatic heterocycles. The molecule has 1 aromatic carbocycles. The van der Waals surface area contributed by atoms with E-state index in [9.17, 15) is 26.4 Å². The summed E-state index contributed by atoms with van der Waals surface area (Å²) < 4.78 is 64.2. The van der Waals surface area contributed by atoms with Gasteiger partial charge in [-0.3, -0.25) is 0 Å². The quantitative estimate of drug-likeness (QED) is 0.809. The number of rotatable bonds is 4. The normalized spacial score (nSPS) is 18.8. The molecule has 2 heterocycles. The van der Waals surface area contributed by atoms with E-state index >= 15 is 0 Å². The van der Waals surface area contributed by atoms with E-state index in [1.807, 2.05) is 0 Å². The smallest absolute Gasteiger partial charge is 0.356 e. The Morgan fingerprint density at radius 2 is 2.11 bits per heavy atom. The lowest BCUT2D eigenvalue weighted by atomic mass is 9.98. The van der Waals surface area contributed by atoms with Crippen LogP contribution in [0.3, 0.4) is 0 Å². The Kier molecular flexibility index (Phi) is 5.17. The Hall–Kier alpha value is -2.14. The van der Waals surface area contributed by atoms with Crippen molar-refractivity contribution in [2.24, 2.45) is 5.92 Å². The highest BCUT2D eigenvalue weighted by Gasteiger charge is 2.31. The Morgan fingerprint density at radius 1 is 1.37 bits per heavy atom. The summed E-state index contributed by atoms with van der Waals surface area (Å²) in [6.07, 6.45) is -1.96. The largest absolute Gasteiger partial charge is 0.416 e. The van der Waals surface area contributed by atoms with Gasteiger partial charge in [-0.2, -0.15) is 18.2 Å². The second-order valence-electron chi connectivity index (χ2n) is 6.70. The van der Waals surface area contributed by atoms with Crippen molar-refractivity contribution < 1.29 is 21.6 Å². The predicted molar refractivity (Wildman–Crippen MR) is 95.1 cm³/mol. The molecular weight excluding hydrogens is 385 g/mol. The molecule has 1 saturated heterocycles. The van der Waals surface area contributed by atoms with Crippen molar-refractivity contribution in [2.75, 3.05) is 30.8 Å². The van der Waals surface area contributed by atoms with Crippen LogP contribution in [0.25, 0.3) is 10.9 Å². The number of nitrogens with zero attached hydrogens (tertiary/aromatic N) is 2. The van der Waals surface area contributed by atoms with Gasteiger partial charge in [0.1, 0.15) is 5.82 Å². The lowest BCUT2D eigenvalue weighted by molar-refractivity contribution is -0.137. The average Bonchev–Trinajstić information content (AvgIpc) is 2.57. The number of alkyl halides is 3. The number of fused-ring (bicyclic) bond motifs is 1. The third-order valence-corrected chi connectivity index (χ3v) is 5.18. The standard InChI is InChI=1S/C16H19F3N4O3S/c1-27(25,26)20-8-10-3-2-6-23(9-10)14-12-7-11(16(17,18)19)4-5-13(12)21-15(24)22-14/h4-5,7,10,20H,2-3,6,8-9H2,1H3,(H,21,22,24). The zero-order chi connectivity index (χ0) is 19.8. The number of hydrogen-bond donors (Lipinski definition) is 2. The van der Waals surface area contributed by atoms with Gasteiger partial charge in [-0.25, -0.2) is 17.9 Å². The van der Waals surface area contributed by atoms with Crippen LogP contribution in [0.5, 0.6) is 0 Å². The summed E-state index contributed by atoms with van der Waals surface area (Å²) in [5, 5.41) is 0.209. The lowest BCUT2D eigenvalue weighted by Gasteiger charge is -2.34. The number of halogens is 3. The van der Waals surface area contributed by atoms with Gasteiger partial charge >= 0.3 is 11.9 Å². The first-order valence-corrected chi connectivity index (χ1v) is 10.2. The minimum atomic E-state index is -4.51. The fourth-order valence-corrected chi connectivity index (χ4v) is 3.79. The van der Waals surface area contributed by atoms with Gasteiger partial charge < -0.3 is 9.88 Å². The van der Waals surface area contributed by atoms with Crippen LogP contribution in [-0.2, 0) is 16.2 Å². The third-order valence-electron chi connectivity index (χ3n) is 4.49. The van der Waals surface area contributed by atoms with E-state index in [-0.39, 0.29) is 29.2 Å². The number of aromatic amines is 1. The summed E-state index contributed by atoms with van der Waals surface area (Å²) in [4.78, 5) is 20.0. The molecule has 1 aliphatic heterocycles. The molecule has 0 amide bonds. The van der Waals surface area contributed by atoms with E-state index < -0.39 is 27.5 Å². The molecule has 1 atom stereocenters. The Balaban J connectivity index is 1.95. The van der Waals surface area contributed by atoms with Crippen molar-refractivity contribution in [3.05, 3.63) is 34.2 Å². The van der Waals surface area contributed by atoms with Gasteiger partial charge in [0.25, 0.3) is 0 Å². The molecule has 0 bridgehead atoms. The van der Waals surface area contributed by atoms with Crippen molar-refractivity contribution in [1.29, 1.82) is 0 Å². The topological polar surface area (TPSA) is 95.2 Å². The fourth-order valence-electron chi connectivity index (χ4n) is 3.25. The number of nitrogens with one attached hydrogen (secondary N) is 2. The molecule has 0 saturated carbocycles. The average molecular weight is 404 g/mol. The summed E-state index contributed by atoms with van der Waals surface area (Å²) >= 11 is 0. The Labute approximate surface area is 153 Å². The van der Waals surface area contributed by atoms with Crippen molar-refractivity contribution >= 4 is 26.7 Å². The van der Waals surface area contributed by atoms with Crippen molar-refractivity contribution in [2.45, 2.75) is 19.0 Å². The van der Waals surface area contributed by atoms with E-state index in [0.717, 1.165) is 24.8 Å². The van der Waals surface area contributed by atoms with Gasteiger partial charge in [-0.1, -0.05) is 0 Å². The molecule has 148 valence electrons. The van der Waals surface area contributed by atoms with Gasteiger partial charge in [0.05, 0.1) is 17.3 Å². The summed E-state index contributed by atoms with van der Waals surface area (Å²) in [5.74, 6) is 0.152.